The van der Waals surface area contributed by atoms with E-state index in [0.717, 1.165) is 38.2 Å². The summed E-state index contributed by atoms with van der Waals surface area (Å²) >= 11 is 0. The maximum atomic E-state index is 11.5. The summed E-state index contributed by atoms with van der Waals surface area (Å²) in [6.07, 6.45) is 5.07. The van der Waals surface area contributed by atoms with E-state index in [9.17, 15) is 9.59 Å². The van der Waals surface area contributed by atoms with Crippen molar-refractivity contribution in [3.63, 3.8) is 0 Å². The number of nitrogens with two attached hydrogens (primary N) is 1. The Morgan fingerprint density at radius 2 is 2.14 bits per heavy atom. The highest BCUT2D eigenvalue weighted by atomic mass is 16.5. The number of primary amides is 1. The summed E-state index contributed by atoms with van der Waals surface area (Å²) in [7, 11) is 0. The summed E-state index contributed by atoms with van der Waals surface area (Å²) in [6.45, 7) is 3.65. The van der Waals surface area contributed by atoms with Crippen molar-refractivity contribution in [3.8, 4) is 0 Å². The predicted octanol–water partition coefficient (Wildman–Crippen LogP) is 1.42. The third kappa shape index (κ3) is 5.02. The maximum Gasteiger partial charge on any atom is 0.306 e. The van der Waals surface area contributed by atoms with E-state index in [-0.39, 0.29) is 12.6 Å². The Morgan fingerprint density at radius 1 is 1.41 bits per heavy atom. The minimum absolute atomic E-state index is 0.323. The fraction of sp³-hybridized carbons (Fsp3) is 0.562. The smallest absolute Gasteiger partial charge is 0.306 e. The van der Waals surface area contributed by atoms with E-state index in [1.54, 1.807) is 0 Å². The molecule has 1 saturated heterocycles. The molecule has 2 N–H and O–H groups in total. The Bertz CT molecular complexity index is 525. The first-order valence-corrected chi connectivity index (χ1v) is 7.66. The number of amides is 1. The molecule has 1 aromatic heterocycles. The van der Waals surface area contributed by atoms with Crippen molar-refractivity contribution in [1.82, 2.24) is 4.98 Å². The van der Waals surface area contributed by atoms with Gasteiger partial charge < -0.3 is 15.4 Å². The molecule has 1 fully saturated rings. The lowest BCUT2D eigenvalue weighted by molar-refractivity contribution is -0.148. The van der Waals surface area contributed by atoms with Crippen molar-refractivity contribution in [2.75, 3.05) is 24.6 Å². The average Bonchev–Trinajstić information content (AvgIpc) is 2.51. The number of pyridine rings is 1. The van der Waals surface area contributed by atoms with Crippen LogP contribution in [0.4, 0.5) is 5.82 Å². The summed E-state index contributed by atoms with van der Waals surface area (Å²) in [4.78, 5) is 28.7. The van der Waals surface area contributed by atoms with Crippen molar-refractivity contribution in [2.24, 2.45) is 11.7 Å². The number of hydrogen-bond acceptors (Lipinski definition) is 5. The first kappa shape index (κ1) is 16.3. The van der Waals surface area contributed by atoms with Gasteiger partial charge in [0.25, 0.3) is 5.91 Å². The molecule has 0 aromatic carbocycles. The minimum Gasteiger partial charge on any atom is -0.456 e. The molecule has 1 aliphatic rings. The number of hydrogen-bond donors (Lipinski definition) is 1. The van der Waals surface area contributed by atoms with Crippen molar-refractivity contribution in [3.05, 3.63) is 23.9 Å². The fourth-order valence-electron chi connectivity index (χ4n) is 2.69. The zero-order valence-corrected chi connectivity index (χ0v) is 13.0. The maximum absolute atomic E-state index is 11.5. The van der Waals surface area contributed by atoms with Crippen LogP contribution in [0.15, 0.2) is 18.3 Å². The number of aromatic nitrogens is 1. The minimum atomic E-state index is -0.618. The summed E-state index contributed by atoms with van der Waals surface area (Å²) < 4.78 is 4.76. The van der Waals surface area contributed by atoms with Gasteiger partial charge in [-0.05, 0) is 49.8 Å². The van der Waals surface area contributed by atoms with Crippen molar-refractivity contribution >= 4 is 17.7 Å². The zero-order chi connectivity index (χ0) is 15.9. The quantitative estimate of drug-likeness (QED) is 0.803. The highest BCUT2D eigenvalue weighted by molar-refractivity contribution is 5.78. The number of anilines is 1. The second kappa shape index (κ2) is 7.77. The molecule has 0 bridgehead atoms. The topological polar surface area (TPSA) is 85.5 Å². The van der Waals surface area contributed by atoms with Gasteiger partial charge >= 0.3 is 5.97 Å². The third-order valence-electron chi connectivity index (χ3n) is 3.97. The van der Waals surface area contributed by atoms with Gasteiger partial charge in [0.15, 0.2) is 6.61 Å². The van der Waals surface area contributed by atoms with Crippen LogP contribution >= 0.6 is 0 Å². The van der Waals surface area contributed by atoms with Crippen LogP contribution in [-0.2, 0) is 14.3 Å². The lowest BCUT2D eigenvalue weighted by Crippen LogP contribution is -2.34. The van der Waals surface area contributed by atoms with Crippen molar-refractivity contribution < 1.29 is 14.3 Å². The van der Waals surface area contributed by atoms with E-state index in [4.69, 9.17) is 10.5 Å². The largest absolute Gasteiger partial charge is 0.456 e. The molecule has 0 unspecified atom stereocenters. The highest BCUT2D eigenvalue weighted by Gasteiger charge is 2.21. The average molecular weight is 305 g/mol. The van der Waals surface area contributed by atoms with Gasteiger partial charge in [-0.15, -0.1) is 0 Å². The molecule has 2 heterocycles. The Kier molecular flexibility index (Phi) is 5.75. The standard InChI is InChI=1S/C16H23N3O3/c1-12-4-7-18-15(10-12)19-8-5-13(6-9-19)2-3-16(21)22-11-14(17)20/h4,7,10,13H,2-3,5-6,8-9,11H2,1H3,(H2,17,20). The number of piperidine rings is 1. The van der Waals surface area contributed by atoms with Gasteiger partial charge in [0.2, 0.25) is 0 Å². The molecular weight excluding hydrogens is 282 g/mol. The van der Waals surface area contributed by atoms with E-state index in [2.05, 4.69) is 22.9 Å². The molecule has 0 spiro atoms. The van der Waals surface area contributed by atoms with Crippen LogP contribution in [0.5, 0.6) is 0 Å². The summed E-state index contributed by atoms with van der Waals surface area (Å²) in [5, 5.41) is 0. The molecule has 120 valence electrons. The number of rotatable bonds is 6. The van der Waals surface area contributed by atoms with Crippen LogP contribution in [0.1, 0.15) is 31.2 Å². The van der Waals surface area contributed by atoms with E-state index in [1.807, 2.05) is 12.3 Å². The first-order chi connectivity index (χ1) is 10.5. The highest BCUT2D eigenvalue weighted by Crippen LogP contribution is 2.25. The third-order valence-corrected chi connectivity index (χ3v) is 3.97. The van der Waals surface area contributed by atoms with Crippen LogP contribution in [0.3, 0.4) is 0 Å². The Balaban J connectivity index is 1.71. The van der Waals surface area contributed by atoms with Gasteiger partial charge in [0, 0.05) is 25.7 Å². The first-order valence-electron chi connectivity index (χ1n) is 7.66. The molecule has 2 rings (SSSR count). The molecular formula is C16H23N3O3. The van der Waals surface area contributed by atoms with Gasteiger partial charge in [-0.25, -0.2) is 4.98 Å². The molecule has 0 aliphatic carbocycles. The summed E-state index contributed by atoms with van der Waals surface area (Å²) in [6, 6.07) is 4.09. The lowest BCUT2D eigenvalue weighted by atomic mass is 9.92. The fourth-order valence-corrected chi connectivity index (χ4v) is 2.69. The van der Waals surface area contributed by atoms with Crippen LogP contribution in [0.25, 0.3) is 0 Å². The zero-order valence-electron chi connectivity index (χ0n) is 13.0. The lowest BCUT2D eigenvalue weighted by Gasteiger charge is -2.32. The van der Waals surface area contributed by atoms with Gasteiger partial charge in [-0.1, -0.05) is 0 Å². The number of esters is 1. The second-order valence-corrected chi connectivity index (χ2v) is 5.79. The Morgan fingerprint density at radius 3 is 2.77 bits per heavy atom. The molecule has 6 heteroatoms. The molecule has 1 aliphatic heterocycles. The number of carbonyl (C=O) groups excluding carboxylic acids is 2. The normalized spacial score (nSPS) is 15.6. The van der Waals surface area contributed by atoms with E-state index >= 15 is 0 Å². The van der Waals surface area contributed by atoms with E-state index in [1.165, 1.54) is 5.56 Å². The molecule has 1 amide bonds. The van der Waals surface area contributed by atoms with E-state index in [0.29, 0.717) is 12.3 Å². The van der Waals surface area contributed by atoms with Gasteiger partial charge in [0.1, 0.15) is 5.82 Å². The van der Waals surface area contributed by atoms with Crippen LogP contribution in [-0.4, -0.2) is 36.6 Å². The van der Waals surface area contributed by atoms with Gasteiger partial charge in [-0.3, -0.25) is 9.59 Å². The summed E-state index contributed by atoms with van der Waals surface area (Å²) in [5.74, 6) is 0.579. The number of ether oxygens (including phenoxy) is 1. The molecule has 0 radical (unpaired) electrons. The SMILES string of the molecule is Cc1ccnc(N2CCC(CCC(=O)OCC(N)=O)CC2)c1. The molecule has 22 heavy (non-hydrogen) atoms. The van der Waals surface area contributed by atoms with E-state index < -0.39 is 5.91 Å². The van der Waals surface area contributed by atoms with Crippen molar-refractivity contribution in [2.45, 2.75) is 32.6 Å². The van der Waals surface area contributed by atoms with Crippen molar-refractivity contribution in [1.29, 1.82) is 0 Å². The molecule has 1 aromatic rings. The van der Waals surface area contributed by atoms with Crippen LogP contribution in [0, 0.1) is 12.8 Å². The monoisotopic (exact) mass is 305 g/mol. The molecule has 0 saturated carbocycles. The van der Waals surface area contributed by atoms with Gasteiger partial charge in [-0.2, -0.15) is 0 Å². The number of carbonyl (C=O) groups is 2. The Hall–Kier alpha value is -2.11. The number of nitrogens with zero attached hydrogens (tertiary/aromatic N) is 2. The van der Waals surface area contributed by atoms with Crippen LogP contribution in [0.2, 0.25) is 0 Å². The predicted molar refractivity (Wildman–Crippen MR) is 83.3 cm³/mol. The van der Waals surface area contributed by atoms with Crippen LogP contribution < -0.4 is 10.6 Å². The summed E-state index contributed by atoms with van der Waals surface area (Å²) in [5.41, 5.74) is 6.15. The number of aryl methyl sites for hydroxylation is 1. The molecule has 0 atom stereocenters. The van der Waals surface area contributed by atoms with Gasteiger partial charge in [0.05, 0.1) is 0 Å². The molecule has 6 nitrogen and oxygen atoms in total. The Labute approximate surface area is 130 Å². The second-order valence-electron chi connectivity index (χ2n) is 5.79.